The van der Waals surface area contributed by atoms with E-state index in [0.29, 0.717) is 141 Å². The van der Waals surface area contributed by atoms with E-state index in [0.717, 1.165) is 103 Å². The summed E-state index contributed by atoms with van der Waals surface area (Å²) in [6.07, 6.45) is 24.5. The van der Waals surface area contributed by atoms with Crippen LogP contribution in [0.15, 0.2) is 34.9 Å². The van der Waals surface area contributed by atoms with Crippen LogP contribution in [0.25, 0.3) is 0 Å². The maximum absolute atomic E-state index is 14.1. The minimum Gasteiger partial charge on any atom is -0.464 e. The lowest BCUT2D eigenvalue weighted by atomic mass is 9.52. The van der Waals surface area contributed by atoms with Gasteiger partial charge in [-0.15, -0.1) is 0 Å². The number of carbonyl (C=O) groups is 15. The molecule has 15 aliphatic rings. The third kappa shape index (κ3) is 30.8. The van der Waals surface area contributed by atoms with E-state index in [1.165, 1.54) is 40.2 Å². The maximum Gasteiger partial charge on any atom is 0.328 e. The molecule has 0 aromatic rings. The van der Waals surface area contributed by atoms with Crippen LogP contribution in [0.3, 0.4) is 0 Å². The highest BCUT2D eigenvalue weighted by atomic mass is 32.2. The van der Waals surface area contributed by atoms with Gasteiger partial charge in [-0.05, 0) is 241 Å². The molecule has 15 fully saturated rings. The van der Waals surface area contributed by atoms with Gasteiger partial charge in [0.15, 0.2) is 28.9 Å². The van der Waals surface area contributed by atoms with Crippen LogP contribution in [0.4, 0.5) is 0 Å². The van der Waals surface area contributed by atoms with Crippen molar-refractivity contribution in [3.05, 3.63) is 34.9 Å². The molecule has 6 saturated carbocycles. The number of allylic oxidation sites excluding steroid dienone is 3. The zero-order valence-corrected chi connectivity index (χ0v) is 94.6. The topological polar surface area (TPSA) is 418 Å². The van der Waals surface area contributed by atoms with Crippen molar-refractivity contribution < 1.29 is 133 Å². The summed E-state index contributed by atoms with van der Waals surface area (Å²) in [4.78, 5) is 197. The lowest BCUT2D eigenvalue weighted by Gasteiger charge is -2.52. The number of unbranched alkanes of at least 4 members (excludes halogenated alkanes) is 1. The van der Waals surface area contributed by atoms with Crippen LogP contribution in [0.2, 0.25) is 0 Å². The molecule has 2 unspecified atom stereocenters. The lowest BCUT2D eigenvalue weighted by Crippen LogP contribution is -2.62. The van der Waals surface area contributed by atoms with Gasteiger partial charge in [0, 0.05) is 119 Å². The van der Waals surface area contributed by atoms with E-state index in [1.54, 1.807) is 56.8 Å². The number of methoxy groups -OCH3 is 3. The van der Waals surface area contributed by atoms with E-state index in [1.807, 2.05) is 34.6 Å². The Kier molecular flexibility index (Phi) is 42.1. The van der Waals surface area contributed by atoms with Crippen LogP contribution in [0.5, 0.6) is 0 Å². The first-order valence-electron chi connectivity index (χ1n) is 55.5. The predicted molar refractivity (Wildman–Crippen MR) is 562 cm³/mol. The number of epoxide rings is 6. The van der Waals surface area contributed by atoms with E-state index < -0.39 is 87.9 Å². The first kappa shape index (κ1) is 121. The van der Waals surface area contributed by atoms with Crippen molar-refractivity contribution in [1.29, 1.82) is 0 Å². The second kappa shape index (κ2) is 51.9. The van der Waals surface area contributed by atoms with E-state index in [9.17, 15) is 71.9 Å². The first-order valence-corrected chi connectivity index (χ1v) is 57.9. The highest BCUT2D eigenvalue weighted by Gasteiger charge is 2.76. The fraction of sp³-hybridized carbons (Fsp3) is 0.817. The van der Waals surface area contributed by atoms with Crippen molar-refractivity contribution in [2.45, 2.75) is 449 Å². The van der Waals surface area contributed by atoms with Crippen molar-refractivity contribution >= 4 is 111 Å². The summed E-state index contributed by atoms with van der Waals surface area (Å²) < 4.78 is 77.5. The fourth-order valence-corrected chi connectivity index (χ4v) is 26.6. The summed E-state index contributed by atoms with van der Waals surface area (Å²) in [6.45, 7) is 37.0. The molecule has 3 spiro atoms. The predicted octanol–water partition coefficient (Wildman–Crippen LogP) is 15.5. The molecule has 9 heterocycles. The molecule has 2 bridgehead atoms. The summed E-state index contributed by atoms with van der Waals surface area (Å²) in [6, 6.07) is -1.59. The smallest absolute Gasteiger partial charge is 0.328 e. The number of amides is 4. The zero-order valence-electron chi connectivity index (χ0n) is 93.0. The largest absolute Gasteiger partial charge is 0.464 e. The molecule has 4 amide bonds. The summed E-state index contributed by atoms with van der Waals surface area (Å²) in [5.41, 5.74) is -0.0944. The van der Waals surface area contributed by atoms with E-state index in [4.69, 9.17) is 61.6 Å². The van der Waals surface area contributed by atoms with E-state index in [-0.39, 0.29) is 215 Å². The van der Waals surface area contributed by atoms with Crippen molar-refractivity contribution in [1.82, 2.24) is 20.0 Å². The Morgan fingerprint density at radius 2 is 0.839 bits per heavy atom. The van der Waals surface area contributed by atoms with Crippen LogP contribution in [0, 0.1) is 45.3 Å². The van der Waals surface area contributed by atoms with Crippen LogP contribution < -0.4 is 5.32 Å². The number of carbonyl (C=O) groups excluding carboxylic acids is 15. The van der Waals surface area contributed by atoms with Gasteiger partial charge in [0.1, 0.15) is 102 Å². The lowest BCUT2D eigenvalue weighted by molar-refractivity contribution is -0.172. The van der Waals surface area contributed by atoms with E-state index in [2.05, 4.69) is 85.9 Å². The van der Waals surface area contributed by atoms with Gasteiger partial charge in [0.2, 0.25) is 23.6 Å². The van der Waals surface area contributed by atoms with Gasteiger partial charge >= 0.3 is 17.9 Å². The van der Waals surface area contributed by atoms with Crippen LogP contribution in [-0.2, 0) is 133 Å². The van der Waals surface area contributed by atoms with Crippen LogP contribution in [-0.4, -0.2) is 313 Å². The first-order chi connectivity index (χ1) is 70.4. The van der Waals surface area contributed by atoms with Crippen LogP contribution in [0.1, 0.15) is 342 Å². The van der Waals surface area contributed by atoms with Gasteiger partial charge in [-0.3, -0.25) is 67.1 Å². The molecule has 21 atom stereocenters. The molecule has 836 valence electrons. The normalized spacial score (nSPS) is 33.1. The monoisotopic (exact) mass is 2130 g/mol. The number of nitrogens with zero attached hydrogens (tertiary/aromatic N) is 3. The van der Waals surface area contributed by atoms with Gasteiger partial charge in [0.05, 0.1) is 97.9 Å². The number of hydrogen-bond acceptors (Lipinski definition) is 30. The average Bonchev–Trinajstić information content (AvgIpc) is 1.54. The Hall–Kier alpha value is -6.83. The average molecular weight is 2130 g/mol. The van der Waals surface area contributed by atoms with Crippen molar-refractivity contribution in [2.75, 3.05) is 104 Å². The minimum absolute atomic E-state index is 0.00676. The van der Waals surface area contributed by atoms with Crippen molar-refractivity contribution in [2.24, 2.45) is 45.3 Å². The van der Waals surface area contributed by atoms with Crippen molar-refractivity contribution in [3.8, 4) is 0 Å². The third-order valence-corrected chi connectivity index (χ3v) is 36.7. The number of hydrogen-bond donors (Lipinski definition) is 1. The number of ketones is 8. The third-order valence-electron chi connectivity index (χ3n) is 34.5. The Bertz CT molecular complexity index is 4640. The molecule has 0 aromatic carbocycles. The number of nitrogens with one attached hydrogen (secondary N) is 1. The van der Waals surface area contributed by atoms with E-state index >= 15 is 0 Å². The number of ether oxygens (including phenoxy) is 13. The highest BCUT2D eigenvalue weighted by Crippen LogP contribution is 2.64. The molecule has 9 saturated heterocycles. The Morgan fingerprint density at radius 1 is 0.436 bits per heavy atom. The van der Waals surface area contributed by atoms with Gasteiger partial charge in [0.25, 0.3) is 0 Å². The Labute approximate surface area is 892 Å². The second-order valence-corrected chi connectivity index (χ2v) is 50.8. The summed E-state index contributed by atoms with van der Waals surface area (Å²) in [7, 11) is 4.99. The quantitative estimate of drug-likeness (QED) is 0.0148. The number of fused-ring (bicyclic) bond motifs is 3. The second-order valence-electron chi connectivity index (χ2n) is 48.6. The number of Topliss-reactive ketones (excluding diaryl/α,β-unsaturated/α-hetero) is 8. The Balaban J connectivity index is 0.000000199. The summed E-state index contributed by atoms with van der Waals surface area (Å²) in [5, 5.41) is 3.46. The Morgan fingerprint density at radius 3 is 1.26 bits per heavy atom. The molecule has 9 aliphatic heterocycles. The highest BCUT2D eigenvalue weighted by molar-refractivity contribution is 8.00. The van der Waals surface area contributed by atoms with Crippen LogP contribution >= 0.6 is 23.5 Å². The van der Waals surface area contributed by atoms with Gasteiger partial charge in [-0.25, -0.2) is 4.79 Å². The molecule has 32 nitrogen and oxygen atoms in total. The molecular formula is C115H176N4O28S2. The number of thioether (sulfide) groups is 2. The molecular weight excluding hydrogens is 1950 g/mol. The minimum atomic E-state index is -0.594. The molecule has 6 aliphatic carbocycles. The van der Waals surface area contributed by atoms with Gasteiger partial charge in [-0.2, -0.15) is 23.5 Å². The standard InChI is InChI=1S/C42H64N2O9.C37H57NO9S.C36H55NO10S/c1-27(2)12-14-33-39(5,53-33)36-35(50-6)29(16-17-42(36)26-52-42)43-38(49)41-21-18-40(19-22-41,20-23-41)32(46)11-7-8-25-51-37(48)30-10-9-24-44(30)34(47)15-13-31(45)28(3)4;1-24(2)15-16-30-36(6,47-30)34-33(44-7)28(17-18-37(34)23-45-37)46-32(43)21-25(39)22-48-20-10-12-27(40)26-11-9-19-38(26)31(42)14-8-13-29(41)35(3,4)5;1-23(2)12-13-29-35(6,47-29)33-32(43-7)27(14-15-36(33)22-45-36)46-31(42)18-24(38)21-48-17-9-11-26(39)25-10-8-16-37(25)30(41)20-44-19-28(40)34(3,4)5/h12,28-30,33,35-36H,7-11,13-26H2,1-6H3,(H,43,49);15,26,28,30,33-34H,8-14,16-23H2,1-7H3;12,25,27,29,32-33H,8-11,13-22H2,1-7H3/t29-,30-,33-,35-,36-,39-,40?,41?,42+;26?,28-,30-,33-,34-,36-,37+;25?,27-,29-,32-,33-,35-,36+/m111/s1. The van der Waals surface area contributed by atoms with Crippen molar-refractivity contribution in [3.63, 3.8) is 0 Å². The summed E-state index contributed by atoms with van der Waals surface area (Å²) in [5.74, 6) is -0.670. The zero-order chi connectivity index (χ0) is 109. The molecule has 0 aromatic heterocycles. The molecule has 149 heavy (non-hydrogen) atoms. The molecule has 0 radical (unpaired) electrons. The van der Waals surface area contributed by atoms with Gasteiger partial charge < -0.3 is 81.6 Å². The molecule has 1 N–H and O–H groups in total. The van der Waals surface area contributed by atoms with Gasteiger partial charge in [-0.1, -0.05) is 90.3 Å². The molecule has 15 rings (SSSR count). The SMILES string of the molecule is CO[C@@H]1[C@H](NC(=O)C23CCC(C(=O)CCCCOC(=O)[C@H]4CCCN4C(=O)CCC(=O)C(C)C)(CC2)CC3)CC[C@]2(CO2)[C@H]1[C@]1(C)O[C@@H]1CC=C(C)C.CO[C@@H]1[C@H](OC(=O)CC(=O)CSCCCC(=O)C2CCCN2C(=O)CCCC(=O)C(C)(C)C)CC[C@]2(CO2)[C@H]1[C@]1(C)O[C@@H]1CC=C(C)C.CO[C@@H]1[C@H](OC(=O)CC(=O)CSCCCC(=O)C2CCCN2C(=O)COCC(=O)C(C)(C)C)CC[C@]2(CO2)[C@H]1[C@]1(C)O[C@@H]1CC=C(C)C. The fourth-order valence-electron chi connectivity index (χ4n) is 24.9. The summed E-state index contributed by atoms with van der Waals surface area (Å²) >= 11 is 2.79. The number of esters is 3. The maximum atomic E-state index is 14.1. The number of rotatable bonds is 53. The number of likely N-dealkylation sites (tertiary alicyclic amines) is 3. The molecule has 34 heteroatoms.